The molecule has 9 heteroatoms. The molecule has 35 heavy (non-hydrogen) atoms. The van der Waals surface area contributed by atoms with Crippen LogP contribution in [0.25, 0.3) is 0 Å². The van der Waals surface area contributed by atoms with Gasteiger partial charge in [0.2, 0.25) is 5.91 Å². The molecule has 0 radical (unpaired) electrons. The minimum atomic E-state index is -0.326. The zero-order valence-corrected chi connectivity index (χ0v) is 21.1. The van der Waals surface area contributed by atoms with E-state index in [2.05, 4.69) is 10.6 Å². The number of nitrogens with one attached hydrogen (secondary N) is 2. The van der Waals surface area contributed by atoms with Gasteiger partial charge in [-0.1, -0.05) is 31.5 Å². The van der Waals surface area contributed by atoms with Gasteiger partial charge in [-0.3, -0.25) is 14.4 Å². The van der Waals surface area contributed by atoms with E-state index in [9.17, 15) is 14.4 Å². The monoisotopic (exact) mass is 501 g/mol. The van der Waals surface area contributed by atoms with Gasteiger partial charge in [-0.05, 0) is 55.2 Å². The Morgan fingerprint density at radius 3 is 2.71 bits per heavy atom. The van der Waals surface area contributed by atoms with Crippen LogP contribution in [-0.2, 0) is 4.79 Å². The Hall–Kier alpha value is -3.26. The van der Waals surface area contributed by atoms with Crippen molar-refractivity contribution in [2.24, 2.45) is 5.92 Å². The molecule has 1 aliphatic heterocycles. The predicted octanol–water partition coefficient (Wildman–Crippen LogP) is 3.53. The van der Waals surface area contributed by atoms with Crippen molar-refractivity contribution >= 4 is 29.3 Å². The van der Waals surface area contributed by atoms with Crippen molar-refractivity contribution in [1.29, 1.82) is 0 Å². The molecule has 0 aromatic heterocycles. The maximum absolute atomic E-state index is 13.2. The number of methoxy groups -OCH3 is 1. The molecule has 0 bridgehead atoms. The first-order valence-corrected chi connectivity index (χ1v) is 12.1. The maximum Gasteiger partial charge on any atom is 0.255 e. The lowest BCUT2D eigenvalue weighted by atomic mass is 10.1. The zero-order valence-electron chi connectivity index (χ0n) is 20.3. The molecule has 2 aromatic carbocycles. The minimum absolute atomic E-state index is 0.0572. The maximum atomic E-state index is 13.2. The Morgan fingerprint density at radius 2 is 1.97 bits per heavy atom. The van der Waals surface area contributed by atoms with Crippen molar-refractivity contribution in [3.63, 3.8) is 0 Å². The highest BCUT2D eigenvalue weighted by Crippen LogP contribution is 2.24. The van der Waals surface area contributed by atoms with Gasteiger partial charge >= 0.3 is 0 Å². The smallest absolute Gasteiger partial charge is 0.255 e. The van der Waals surface area contributed by atoms with Crippen LogP contribution in [0.2, 0.25) is 5.02 Å². The Kier molecular flexibility index (Phi) is 9.37. The van der Waals surface area contributed by atoms with Crippen LogP contribution in [0.4, 0.5) is 0 Å². The highest BCUT2D eigenvalue weighted by molar-refractivity contribution is 6.31. The summed E-state index contributed by atoms with van der Waals surface area (Å²) in [5.74, 6) is 0.207. The second-order valence-corrected chi connectivity index (χ2v) is 9.23. The molecule has 1 heterocycles. The largest absolute Gasteiger partial charge is 0.497 e. The molecule has 0 fully saturated rings. The number of hydrogen-bond donors (Lipinski definition) is 2. The third-order valence-corrected chi connectivity index (χ3v) is 6.07. The molecular formula is C26H32ClN3O5. The van der Waals surface area contributed by atoms with Gasteiger partial charge in [0.25, 0.3) is 11.8 Å². The number of halogens is 1. The number of rotatable bonds is 3. The van der Waals surface area contributed by atoms with E-state index in [0.29, 0.717) is 53.6 Å². The van der Waals surface area contributed by atoms with E-state index in [1.165, 1.54) is 12.0 Å². The summed E-state index contributed by atoms with van der Waals surface area (Å²) in [6.45, 7) is 4.79. The summed E-state index contributed by atoms with van der Waals surface area (Å²) < 4.78 is 11.2. The van der Waals surface area contributed by atoms with Crippen LogP contribution < -0.4 is 20.1 Å². The Labute approximate surface area is 210 Å². The fourth-order valence-corrected chi connectivity index (χ4v) is 3.90. The van der Waals surface area contributed by atoms with E-state index >= 15 is 0 Å². The van der Waals surface area contributed by atoms with E-state index in [4.69, 9.17) is 21.1 Å². The normalized spacial score (nSPS) is 17.9. The summed E-state index contributed by atoms with van der Waals surface area (Å²) in [5.41, 5.74) is 0.787. The van der Waals surface area contributed by atoms with E-state index < -0.39 is 0 Å². The average molecular weight is 502 g/mol. The summed E-state index contributed by atoms with van der Waals surface area (Å²) >= 11 is 6.11. The molecule has 2 aromatic rings. The van der Waals surface area contributed by atoms with Crippen LogP contribution in [0, 0.1) is 5.92 Å². The van der Waals surface area contributed by atoms with Gasteiger partial charge in [0.05, 0.1) is 25.3 Å². The van der Waals surface area contributed by atoms with Gasteiger partial charge in [-0.2, -0.15) is 0 Å². The first kappa shape index (κ1) is 26.3. The lowest BCUT2D eigenvalue weighted by molar-refractivity contribution is -0.123. The molecule has 0 saturated heterocycles. The van der Waals surface area contributed by atoms with Gasteiger partial charge in [0.15, 0.2) is 0 Å². The van der Waals surface area contributed by atoms with E-state index in [-0.39, 0.29) is 42.8 Å². The SMILES string of the molecule is COc1cccc(C(=O)N2CCCCNC(=O)c3cc(Cl)ccc3OC[C@H](C(C)C)NC(=O)C2)c1. The molecule has 0 unspecified atom stereocenters. The topological polar surface area (TPSA) is 97.0 Å². The second-order valence-electron chi connectivity index (χ2n) is 8.79. The number of carbonyl (C=O) groups excluding carboxylic acids is 3. The Balaban J connectivity index is 1.82. The van der Waals surface area contributed by atoms with Crippen molar-refractivity contribution in [2.45, 2.75) is 32.7 Å². The van der Waals surface area contributed by atoms with E-state index in [1.807, 2.05) is 13.8 Å². The van der Waals surface area contributed by atoms with Crippen LogP contribution in [0.3, 0.4) is 0 Å². The van der Waals surface area contributed by atoms with Gasteiger partial charge in [-0.25, -0.2) is 0 Å². The summed E-state index contributed by atoms with van der Waals surface area (Å²) in [4.78, 5) is 40.5. The number of nitrogens with zero attached hydrogens (tertiary/aromatic N) is 1. The highest BCUT2D eigenvalue weighted by atomic mass is 35.5. The molecule has 1 atom stereocenters. The van der Waals surface area contributed by atoms with Crippen molar-refractivity contribution in [1.82, 2.24) is 15.5 Å². The third-order valence-electron chi connectivity index (χ3n) is 5.83. The molecule has 2 N–H and O–H groups in total. The molecule has 3 rings (SSSR count). The quantitative estimate of drug-likeness (QED) is 0.670. The summed E-state index contributed by atoms with van der Waals surface area (Å²) in [6.07, 6.45) is 1.23. The molecule has 188 valence electrons. The lowest BCUT2D eigenvalue weighted by Crippen LogP contribution is -2.48. The molecule has 0 saturated carbocycles. The molecule has 0 aliphatic carbocycles. The fourth-order valence-electron chi connectivity index (χ4n) is 3.73. The van der Waals surface area contributed by atoms with Gasteiger partial charge < -0.3 is 25.0 Å². The number of amides is 3. The Bertz CT molecular complexity index is 1060. The van der Waals surface area contributed by atoms with Crippen molar-refractivity contribution in [3.05, 3.63) is 58.6 Å². The number of fused-ring (bicyclic) bond motifs is 1. The van der Waals surface area contributed by atoms with Gasteiger partial charge in [0.1, 0.15) is 18.1 Å². The van der Waals surface area contributed by atoms with Gasteiger partial charge in [0, 0.05) is 23.7 Å². The lowest BCUT2D eigenvalue weighted by Gasteiger charge is -2.26. The van der Waals surface area contributed by atoms with E-state index in [0.717, 1.165) is 0 Å². The summed E-state index contributed by atoms with van der Waals surface area (Å²) in [5, 5.41) is 6.31. The van der Waals surface area contributed by atoms with Crippen molar-refractivity contribution in [3.8, 4) is 11.5 Å². The first-order chi connectivity index (χ1) is 16.8. The molecule has 8 nitrogen and oxygen atoms in total. The summed E-state index contributed by atoms with van der Waals surface area (Å²) in [6, 6.07) is 11.4. The fraction of sp³-hybridized carbons (Fsp3) is 0.423. The number of ether oxygens (including phenoxy) is 2. The van der Waals surface area contributed by atoms with Gasteiger partial charge in [-0.15, -0.1) is 0 Å². The molecule has 0 spiro atoms. The van der Waals surface area contributed by atoms with Crippen LogP contribution >= 0.6 is 11.6 Å². The van der Waals surface area contributed by atoms with Crippen LogP contribution in [0.15, 0.2) is 42.5 Å². The first-order valence-electron chi connectivity index (χ1n) is 11.7. The minimum Gasteiger partial charge on any atom is -0.497 e. The van der Waals surface area contributed by atoms with Crippen LogP contribution in [0.1, 0.15) is 47.4 Å². The standard InChI is InChI=1S/C26H32ClN3O5/c1-17(2)22-16-35-23-10-9-19(27)14-21(23)25(32)28-11-4-5-12-30(15-24(31)29-22)26(33)18-7-6-8-20(13-18)34-3/h6-10,13-14,17,22H,4-5,11-12,15-16H2,1-3H3,(H,28,32)(H,29,31)/t22-/m1/s1. The zero-order chi connectivity index (χ0) is 25.4. The molecule has 3 amide bonds. The number of benzene rings is 2. The Morgan fingerprint density at radius 1 is 1.17 bits per heavy atom. The number of hydrogen-bond acceptors (Lipinski definition) is 5. The third kappa shape index (κ3) is 7.36. The predicted molar refractivity (Wildman–Crippen MR) is 134 cm³/mol. The van der Waals surface area contributed by atoms with Crippen LogP contribution in [0.5, 0.6) is 11.5 Å². The highest BCUT2D eigenvalue weighted by Gasteiger charge is 2.24. The average Bonchev–Trinajstić information content (AvgIpc) is 2.85. The van der Waals surface area contributed by atoms with Crippen molar-refractivity contribution < 1.29 is 23.9 Å². The number of carbonyl (C=O) groups is 3. The molecule has 1 aliphatic rings. The molecular weight excluding hydrogens is 470 g/mol. The van der Waals surface area contributed by atoms with Crippen LogP contribution in [-0.4, -0.2) is 62.0 Å². The summed E-state index contributed by atoms with van der Waals surface area (Å²) in [7, 11) is 1.54. The second kappa shape index (κ2) is 12.4. The van der Waals surface area contributed by atoms with Crippen molar-refractivity contribution in [2.75, 3.05) is 33.4 Å². The van der Waals surface area contributed by atoms with E-state index in [1.54, 1.807) is 42.5 Å².